The third-order valence-corrected chi connectivity index (χ3v) is 2.91. The number of carbonyl (C=O) groups excluding carboxylic acids is 1. The van der Waals surface area contributed by atoms with E-state index in [1.54, 1.807) is 24.3 Å². The Bertz CT molecular complexity index is 638. The normalized spacial score (nSPS) is 11.6. The molecule has 112 valence electrons. The summed E-state index contributed by atoms with van der Waals surface area (Å²) in [5, 5.41) is 9.35. The molecule has 1 aromatic heterocycles. The van der Waals surface area contributed by atoms with Crippen molar-refractivity contribution in [3.8, 4) is 0 Å². The van der Waals surface area contributed by atoms with Gasteiger partial charge in [0, 0.05) is 18.1 Å². The van der Waals surface area contributed by atoms with E-state index in [2.05, 4.69) is 4.98 Å². The van der Waals surface area contributed by atoms with Crippen LogP contribution in [0.15, 0.2) is 36.5 Å². The predicted molar refractivity (Wildman–Crippen MR) is 70.8 cm³/mol. The van der Waals surface area contributed by atoms with Gasteiger partial charge in [0.1, 0.15) is 6.54 Å². The highest BCUT2D eigenvalue weighted by Crippen LogP contribution is 2.21. The van der Waals surface area contributed by atoms with Gasteiger partial charge in [-0.25, -0.2) is 0 Å². The maximum Gasteiger partial charge on any atom is 0.406 e. The van der Waals surface area contributed by atoms with E-state index in [1.165, 1.54) is 12.3 Å². The highest BCUT2D eigenvalue weighted by Gasteiger charge is 2.33. The molecule has 0 radical (unpaired) electrons. The van der Waals surface area contributed by atoms with Crippen molar-refractivity contribution in [3.63, 3.8) is 0 Å². The Morgan fingerprint density at radius 2 is 1.95 bits per heavy atom. The molecular formula is C14H13F3N2O2. The number of hydrogen-bond donors (Lipinski definition) is 1. The average Bonchev–Trinajstić information content (AvgIpc) is 2.44. The summed E-state index contributed by atoms with van der Waals surface area (Å²) >= 11 is 0. The zero-order valence-electron chi connectivity index (χ0n) is 11.0. The fourth-order valence-corrected chi connectivity index (χ4v) is 2.04. The van der Waals surface area contributed by atoms with E-state index in [4.69, 9.17) is 5.11 Å². The second kappa shape index (κ2) is 6.09. The number of aliphatic hydroxyl groups excluding tert-OH is 1. The van der Waals surface area contributed by atoms with Crippen LogP contribution < -0.4 is 0 Å². The van der Waals surface area contributed by atoms with Crippen molar-refractivity contribution in [2.45, 2.75) is 6.18 Å². The molecule has 0 aliphatic carbocycles. The molecule has 0 saturated carbocycles. The Morgan fingerprint density at radius 3 is 2.62 bits per heavy atom. The van der Waals surface area contributed by atoms with Crippen LogP contribution in [-0.2, 0) is 0 Å². The minimum absolute atomic E-state index is 0.137. The molecule has 2 aromatic rings. The second-order valence-electron chi connectivity index (χ2n) is 4.44. The van der Waals surface area contributed by atoms with Gasteiger partial charge >= 0.3 is 6.18 Å². The van der Waals surface area contributed by atoms with Gasteiger partial charge in [-0.2, -0.15) is 13.2 Å². The predicted octanol–water partition coefficient (Wildman–Crippen LogP) is 2.23. The zero-order chi connectivity index (χ0) is 15.5. The van der Waals surface area contributed by atoms with Crippen LogP contribution in [0.5, 0.6) is 0 Å². The van der Waals surface area contributed by atoms with Gasteiger partial charge in [-0.05, 0) is 12.1 Å². The van der Waals surface area contributed by atoms with Crippen molar-refractivity contribution in [1.29, 1.82) is 0 Å². The Morgan fingerprint density at radius 1 is 1.24 bits per heavy atom. The summed E-state index contributed by atoms with van der Waals surface area (Å²) in [5.41, 5.74) is 0.664. The van der Waals surface area contributed by atoms with E-state index in [9.17, 15) is 18.0 Å². The highest BCUT2D eigenvalue weighted by molar-refractivity contribution is 6.05. The highest BCUT2D eigenvalue weighted by atomic mass is 19.4. The van der Waals surface area contributed by atoms with Gasteiger partial charge in [0.15, 0.2) is 0 Å². The maximum absolute atomic E-state index is 12.5. The number of rotatable bonds is 4. The van der Waals surface area contributed by atoms with Gasteiger partial charge in [0.05, 0.1) is 17.7 Å². The number of alkyl halides is 3. The standard InChI is InChI=1S/C14H13F3N2O2/c15-14(16,17)9-19(7-8-20)13(21)11-5-6-18-12-4-2-1-3-10(11)12/h1-6,20H,7-9H2. The van der Waals surface area contributed by atoms with Crippen LogP contribution in [-0.4, -0.2) is 46.8 Å². The van der Waals surface area contributed by atoms with Gasteiger partial charge in [0.25, 0.3) is 5.91 Å². The number of carbonyl (C=O) groups is 1. The van der Waals surface area contributed by atoms with E-state index in [-0.39, 0.29) is 12.1 Å². The van der Waals surface area contributed by atoms with Gasteiger partial charge < -0.3 is 10.0 Å². The molecule has 0 aliphatic heterocycles. The summed E-state index contributed by atoms with van der Waals surface area (Å²) < 4.78 is 37.6. The van der Waals surface area contributed by atoms with E-state index in [1.807, 2.05) is 0 Å². The van der Waals surface area contributed by atoms with Crippen molar-refractivity contribution in [1.82, 2.24) is 9.88 Å². The minimum Gasteiger partial charge on any atom is -0.395 e. The molecule has 7 heteroatoms. The lowest BCUT2D eigenvalue weighted by Gasteiger charge is -2.23. The SMILES string of the molecule is O=C(c1ccnc2ccccc12)N(CCO)CC(F)(F)F. The summed E-state index contributed by atoms with van der Waals surface area (Å²) in [6.07, 6.45) is -3.14. The molecule has 1 aromatic carbocycles. The molecule has 4 nitrogen and oxygen atoms in total. The van der Waals surface area contributed by atoms with Crippen LogP contribution in [0.25, 0.3) is 10.9 Å². The number of benzene rings is 1. The molecule has 2 rings (SSSR count). The van der Waals surface area contributed by atoms with Crippen molar-refractivity contribution in [2.24, 2.45) is 0 Å². The van der Waals surface area contributed by atoms with Gasteiger partial charge in [-0.1, -0.05) is 18.2 Å². The topological polar surface area (TPSA) is 53.4 Å². The number of halogens is 3. The maximum atomic E-state index is 12.5. The number of aliphatic hydroxyl groups is 1. The minimum atomic E-state index is -4.52. The van der Waals surface area contributed by atoms with Gasteiger partial charge in [0.2, 0.25) is 0 Å². The first kappa shape index (κ1) is 15.2. The largest absolute Gasteiger partial charge is 0.406 e. The molecule has 0 atom stereocenters. The first-order valence-electron chi connectivity index (χ1n) is 6.23. The Kier molecular flexibility index (Phi) is 4.42. The van der Waals surface area contributed by atoms with E-state index >= 15 is 0 Å². The molecular weight excluding hydrogens is 285 g/mol. The van der Waals surface area contributed by atoms with Crippen molar-refractivity contribution < 1.29 is 23.1 Å². The summed E-state index contributed by atoms with van der Waals surface area (Å²) in [5.74, 6) is -0.778. The van der Waals surface area contributed by atoms with Crippen LogP contribution in [0.4, 0.5) is 13.2 Å². The molecule has 1 amide bonds. The van der Waals surface area contributed by atoms with E-state index in [0.29, 0.717) is 15.8 Å². The number of fused-ring (bicyclic) bond motifs is 1. The third-order valence-electron chi connectivity index (χ3n) is 2.91. The lowest BCUT2D eigenvalue weighted by Crippen LogP contribution is -2.40. The first-order valence-corrected chi connectivity index (χ1v) is 6.23. The molecule has 1 heterocycles. The number of nitrogens with zero attached hydrogens (tertiary/aromatic N) is 2. The summed E-state index contributed by atoms with van der Waals surface area (Å²) in [6.45, 7) is -2.32. The van der Waals surface area contributed by atoms with Crippen molar-refractivity contribution >= 4 is 16.8 Å². The average molecular weight is 298 g/mol. The van der Waals surface area contributed by atoms with Gasteiger partial charge in [-0.3, -0.25) is 9.78 Å². The van der Waals surface area contributed by atoms with Crippen LogP contribution in [0, 0.1) is 0 Å². The Balaban J connectivity index is 2.39. The summed E-state index contributed by atoms with van der Waals surface area (Å²) in [4.78, 5) is 17.0. The first-order chi connectivity index (χ1) is 9.92. The molecule has 0 unspecified atom stereocenters. The van der Waals surface area contributed by atoms with Gasteiger partial charge in [-0.15, -0.1) is 0 Å². The molecule has 21 heavy (non-hydrogen) atoms. The molecule has 0 spiro atoms. The number of pyridine rings is 1. The van der Waals surface area contributed by atoms with E-state index in [0.717, 1.165) is 0 Å². The van der Waals surface area contributed by atoms with Crippen molar-refractivity contribution in [2.75, 3.05) is 19.7 Å². The molecule has 0 bridgehead atoms. The summed E-state index contributed by atoms with van der Waals surface area (Å²) in [7, 11) is 0. The Hall–Kier alpha value is -2.15. The zero-order valence-corrected chi connectivity index (χ0v) is 11.0. The fourth-order valence-electron chi connectivity index (χ4n) is 2.04. The van der Waals surface area contributed by atoms with Crippen LogP contribution in [0.2, 0.25) is 0 Å². The lowest BCUT2D eigenvalue weighted by atomic mass is 10.1. The summed E-state index contributed by atoms with van der Waals surface area (Å²) in [6, 6.07) is 8.09. The molecule has 0 saturated heterocycles. The molecule has 1 N–H and O–H groups in total. The monoisotopic (exact) mass is 298 g/mol. The molecule has 0 fully saturated rings. The van der Waals surface area contributed by atoms with E-state index < -0.39 is 25.2 Å². The number of amides is 1. The Labute approximate surface area is 118 Å². The number of para-hydroxylation sites is 1. The van der Waals surface area contributed by atoms with Crippen LogP contribution in [0.3, 0.4) is 0 Å². The smallest absolute Gasteiger partial charge is 0.395 e. The number of aromatic nitrogens is 1. The van der Waals surface area contributed by atoms with Crippen LogP contribution >= 0.6 is 0 Å². The quantitative estimate of drug-likeness (QED) is 0.941. The fraction of sp³-hybridized carbons (Fsp3) is 0.286. The lowest BCUT2D eigenvalue weighted by molar-refractivity contribution is -0.141. The number of hydrogen-bond acceptors (Lipinski definition) is 3. The van der Waals surface area contributed by atoms with Crippen molar-refractivity contribution in [3.05, 3.63) is 42.1 Å². The third kappa shape index (κ3) is 3.69. The second-order valence-corrected chi connectivity index (χ2v) is 4.44. The van der Waals surface area contributed by atoms with Crippen LogP contribution in [0.1, 0.15) is 10.4 Å². The molecule has 0 aliphatic rings.